The van der Waals surface area contributed by atoms with Gasteiger partial charge in [0.1, 0.15) is 29.3 Å². The second-order valence-corrected chi connectivity index (χ2v) is 4.51. The van der Waals surface area contributed by atoms with Crippen LogP contribution in [0.1, 0.15) is 18.5 Å². The molecule has 2 atom stereocenters. The van der Waals surface area contributed by atoms with Crippen molar-refractivity contribution in [2.75, 3.05) is 0 Å². The van der Waals surface area contributed by atoms with Crippen LogP contribution in [0.5, 0.6) is 5.75 Å². The van der Waals surface area contributed by atoms with Gasteiger partial charge in [-0.1, -0.05) is 12.1 Å². The first-order valence-corrected chi connectivity index (χ1v) is 6.09. The molecule has 106 valence electrons. The number of halogens is 3. The predicted octanol–water partition coefficient (Wildman–Crippen LogP) is 3.57. The van der Waals surface area contributed by atoms with Crippen LogP contribution in [0.15, 0.2) is 42.5 Å². The van der Waals surface area contributed by atoms with Gasteiger partial charge in [0.15, 0.2) is 0 Å². The largest absolute Gasteiger partial charge is 0.489 e. The van der Waals surface area contributed by atoms with Crippen molar-refractivity contribution in [3.63, 3.8) is 0 Å². The molecule has 2 aromatic carbocycles. The highest BCUT2D eigenvalue weighted by Crippen LogP contribution is 2.22. The van der Waals surface area contributed by atoms with E-state index in [9.17, 15) is 13.2 Å². The zero-order chi connectivity index (χ0) is 14.7. The van der Waals surface area contributed by atoms with Crippen molar-refractivity contribution in [2.45, 2.75) is 19.1 Å². The summed E-state index contributed by atoms with van der Waals surface area (Å²) >= 11 is 0. The maximum atomic E-state index is 13.1. The molecule has 0 saturated carbocycles. The van der Waals surface area contributed by atoms with E-state index in [0.29, 0.717) is 5.56 Å². The van der Waals surface area contributed by atoms with Gasteiger partial charge in [-0.25, -0.2) is 13.2 Å². The van der Waals surface area contributed by atoms with E-state index in [1.807, 2.05) is 0 Å². The molecule has 2 unspecified atom stereocenters. The zero-order valence-corrected chi connectivity index (χ0v) is 10.8. The fourth-order valence-electron chi connectivity index (χ4n) is 1.84. The minimum atomic E-state index is -0.720. The van der Waals surface area contributed by atoms with Crippen LogP contribution in [0.25, 0.3) is 0 Å². The van der Waals surface area contributed by atoms with Crippen LogP contribution < -0.4 is 10.5 Å². The van der Waals surface area contributed by atoms with E-state index in [4.69, 9.17) is 10.5 Å². The number of hydrogen-bond donors (Lipinski definition) is 1. The topological polar surface area (TPSA) is 35.2 Å². The second kappa shape index (κ2) is 5.96. The predicted molar refractivity (Wildman–Crippen MR) is 69.8 cm³/mol. The van der Waals surface area contributed by atoms with Gasteiger partial charge in [-0.2, -0.15) is 0 Å². The Balaban J connectivity index is 2.10. The van der Waals surface area contributed by atoms with Gasteiger partial charge in [-0.3, -0.25) is 0 Å². The molecular weight excluding hydrogens is 267 g/mol. The molecule has 2 N–H and O–H groups in total. The minimum absolute atomic E-state index is 0.0626. The summed E-state index contributed by atoms with van der Waals surface area (Å²) < 4.78 is 44.4. The molecular formula is C15H14F3NO. The van der Waals surface area contributed by atoms with Crippen LogP contribution in [0.3, 0.4) is 0 Å². The molecule has 2 aromatic rings. The summed E-state index contributed by atoms with van der Waals surface area (Å²) in [7, 11) is 0. The lowest BCUT2D eigenvalue weighted by atomic mass is 10.0. The van der Waals surface area contributed by atoms with Crippen LogP contribution in [-0.2, 0) is 0 Å². The molecule has 5 heteroatoms. The molecule has 0 spiro atoms. The monoisotopic (exact) mass is 281 g/mol. The second-order valence-electron chi connectivity index (χ2n) is 4.51. The van der Waals surface area contributed by atoms with E-state index >= 15 is 0 Å². The van der Waals surface area contributed by atoms with Crippen LogP contribution in [0.2, 0.25) is 0 Å². The van der Waals surface area contributed by atoms with Gasteiger partial charge in [0.25, 0.3) is 0 Å². The van der Waals surface area contributed by atoms with Crippen molar-refractivity contribution < 1.29 is 17.9 Å². The molecule has 2 nitrogen and oxygen atoms in total. The van der Waals surface area contributed by atoms with Crippen molar-refractivity contribution >= 4 is 0 Å². The van der Waals surface area contributed by atoms with Crippen LogP contribution >= 0.6 is 0 Å². The number of hydrogen-bond acceptors (Lipinski definition) is 2. The summed E-state index contributed by atoms with van der Waals surface area (Å²) in [6, 6.07) is 8.07. The summed E-state index contributed by atoms with van der Waals surface area (Å²) in [6.45, 7) is 1.68. The molecule has 20 heavy (non-hydrogen) atoms. The van der Waals surface area contributed by atoms with Crippen LogP contribution in [0, 0.1) is 17.5 Å². The summed E-state index contributed by atoms with van der Waals surface area (Å²) in [6.07, 6.45) is -0.526. The van der Waals surface area contributed by atoms with E-state index in [-0.39, 0.29) is 11.6 Å². The van der Waals surface area contributed by atoms with Crippen molar-refractivity contribution in [1.29, 1.82) is 0 Å². The van der Waals surface area contributed by atoms with Gasteiger partial charge in [0.05, 0.1) is 6.04 Å². The van der Waals surface area contributed by atoms with Crippen molar-refractivity contribution in [3.8, 4) is 5.75 Å². The molecule has 0 heterocycles. The lowest BCUT2D eigenvalue weighted by Crippen LogP contribution is -2.28. The lowest BCUT2D eigenvalue weighted by Gasteiger charge is -2.22. The van der Waals surface area contributed by atoms with Crippen molar-refractivity contribution in [1.82, 2.24) is 0 Å². The molecule has 0 fully saturated rings. The summed E-state index contributed by atoms with van der Waals surface area (Å²) in [5.41, 5.74) is 6.65. The Hall–Kier alpha value is -2.01. The average molecular weight is 281 g/mol. The number of nitrogens with two attached hydrogens (primary N) is 1. The number of benzene rings is 2. The molecule has 0 aliphatic carbocycles. The molecule has 0 amide bonds. The lowest BCUT2D eigenvalue weighted by molar-refractivity contribution is 0.189. The number of rotatable bonds is 4. The normalized spacial score (nSPS) is 13.8. The van der Waals surface area contributed by atoms with Crippen molar-refractivity contribution in [3.05, 3.63) is 65.5 Å². The summed E-state index contributed by atoms with van der Waals surface area (Å²) in [5.74, 6) is -1.74. The molecule has 0 bridgehead atoms. The maximum absolute atomic E-state index is 13.1. The van der Waals surface area contributed by atoms with Crippen LogP contribution in [0.4, 0.5) is 13.2 Å². The molecule has 0 radical (unpaired) electrons. The molecule has 0 aliphatic rings. The fourth-order valence-corrected chi connectivity index (χ4v) is 1.84. The zero-order valence-electron chi connectivity index (χ0n) is 10.8. The third kappa shape index (κ3) is 3.51. The molecule has 0 aromatic heterocycles. The smallest absolute Gasteiger partial charge is 0.129 e. The SMILES string of the molecule is CC(Oc1cc(F)cc(F)c1)C(N)c1ccc(F)cc1. The highest BCUT2D eigenvalue weighted by molar-refractivity contribution is 5.25. The number of ether oxygens (including phenoxy) is 1. The Morgan fingerprint density at radius 3 is 2.00 bits per heavy atom. The first-order chi connectivity index (χ1) is 9.45. The molecule has 2 rings (SSSR count). The quantitative estimate of drug-likeness (QED) is 0.929. The standard InChI is InChI=1S/C15H14F3NO/c1-9(15(19)10-2-4-11(16)5-3-10)20-14-7-12(17)6-13(18)8-14/h2-9,15H,19H2,1H3. The summed E-state index contributed by atoms with van der Waals surface area (Å²) in [4.78, 5) is 0. The minimum Gasteiger partial charge on any atom is -0.489 e. The first-order valence-electron chi connectivity index (χ1n) is 6.09. The maximum Gasteiger partial charge on any atom is 0.129 e. The third-order valence-corrected chi connectivity index (χ3v) is 2.92. The highest BCUT2D eigenvalue weighted by Gasteiger charge is 2.17. The Kier molecular flexibility index (Phi) is 4.29. The van der Waals surface area contributed by atoms with E-state index in [1.54, 1.807) is 19.1 Å². The Morgan fingerprint density at radius 1 is 0.900 bits per heavy atom. The van der Waals surface area contributed by atoms with Gasteiger partial charge >= 0.3 is 0 Å². The molecule has 0 aliphatic heterocycles. The average Bonchev–Trinajstić information content (AvgIpc) is 2.37. The van der Waals surface area contributed by atoms with Crippen LogP contribution in [-0.4, -0.2) is 6.10 Å². The fraction of sp³-hybridized carbons (Fsp3) is 0.200. The highest BCUT2D eigenvalue weighted by atomic mass is 19.1. The summed E-state index contributed by atoms with van der Waals surface area (Å²) in [5, 5.41) is 0. The van der Waals surface area contributed by atoms with Gasteiger partial charge in [0.2, 0.25) is 0 Å². The van der Waals surface area contributed by atoms with Gasteiger partial charge in [-0.05, 0) is 24.6 Å². The molecule has 0 saturated heterocycles. The van der Waals surface area contributed by atoms with E-state index in [2.05, 4.69) is 0 Å². The Morgan fingerprint density at radius 2 is 1.45 bits per heavy atom. The first kappa shape index (κ1) is 14.4. The van der Waals surface area contributed by atoms with Gasteiger partial charge in [0, 0.05) is 18.2 Å². The van der Waals surface area contributed by atoms with Crippen molar-refractivity contribution in [2.24, 2.45) is 5.73 Å². The van der Waals surface area contributed by atoms with E-state index in [1.165, 1.54) is 12.1 Å². The Labute approximate surface area is 115 Å². The Bertz CT molecular complexity index is 566. The van der Waals surface area contributed by atoms with E-state index < -0.39 is 23.8 Å². The third-order valence-electron chi connectivity index (χ3n) is 2.92. The van der Waals surface area contributed by atoms with E-state index in [0.717, 1.165) is 18.2 Å². The van der Waals surface area contributed by atoms with Gasteiger partial charge < -0.3 is 10.5 Å². The van der Waals surface area contributed by atoms with Gasteiger partial charge in [-0.15, -0.1) is 0 Å².